The number of ether oxygens (including phenoxy) is 7. The normalized spacial score (nSPS) is 15.4. The van der Waals surface area contributed by atoms with E-state index >= 15 is 0 Å². The summed E-state index contributed by atoms with van der Waals surface area (Å²) in [5.41, 5.74) is 6.58. The SMILES string of the molecule is CCCC(C)OC(=O)O[C@@H](C)[C@H](C)OC(=O)[C@@H](N)Cc1ccc(OC(=O)OC(C)C(C)C)c(OC(=O)OC(C)C(C)C)c1. The van der Waals surface area contributed by atoms with Crippen molar-refractivity contribution in [2.24, 2.45) is 17.6 Å². The topological polar surface area (TPSA) is 159 Å². The van der Waals surface area contributed by atoms with E-state index in [0.717, 1.165) is 6.42 Å². The first-order valence-electron chi connectivity index (χ1n) is 14.8. The van der Waals surface area contributed by atoms with E-state index in [4.69, 9.17) is 38.9 Å². The standard InChI is InChI=1S/C31H49NO11/c1-11-12-19(6)37-29(34)41-23(10)22(9)38-28(33)25(32)15-24-13-14-26(42-30(35)39-20(7)17(2)3)27(16-24)43-31(36)40-21(8)18(4)5/h13-14,16-23,25H,11-12,15,32H2,1-10H3/t19?,20?,21?,22-,23-,25-/m0/s1. The van der Waals surface area contributed by atoms with Gasteiger partial charge < -0.3 is 38.9 Å². The molecule has 43 heavy (non-hydrogen) atoms. The molecule has 0 saturated carbocycles. The molecule has 3 unspecified atom stereocenters. The quantitative estimate of drug-likeness (QED) is 0.133. The van der Waals surface area contributed by atoms with E-state index < -0.39 is 54.9 Å². The van der Waals surface area contributed by atoms with Gasteiger partial charge in [-0.1, -0.05) is 47.1 Å². The van der Waals surface area contributed by atoms with Gasteiger partial charge in [0, 0.05) is 0 Å². The molecule has 2 N–H and O–H groups in total. The first-order valence-corrected chi connectivity index (χ1v) is 14.8. The molecule has 0 heterocycles. The van der Waals surface area contributed by atoms with Gasteiger partial charge in [0.15, 0.2) is 11.5 Å². The van der Waals surface area contributed by atoms with E-state index in [1.807, 2.05) is 34.6 Å². The van der Waals surface area contributed by atoms with E-state index in [2.05, 4.69) is 0 Å². The average molecular weight is 612 g/mol. The van der Waals surface area contributed by atoms with Gasteiger partial charge in [-0.25, -0.2) is 14.4 Å². The van der Waals surface area contributed by atoms with Gasteiger partial charge in [0.05, 0.1) is 0 Å². The number of esters is 1. The zero-order valence-electron chi connectivity index (χ0n) is 27.0. The van der Waals surface area contributed by atoms with Crippen LogP contribution in [0, 0.1) is 11.8 Å². The Morgan fingerprint density at radius 2 is 1.14 bits per heavy atom. The van der Waals surface area contributed by atoms with Crippen molar-refractivity contribution in [3.05, 3.63) is 23.8 Å². The number of benzene rings is 1. The molecule has 0 saturated heterocycles. The molecule has 0 radical (unpaired) electrons. The summed E-state index contributed by atoms with van der Waals surface area (Å²) in [6.45, 7) is 17.9. The van der Waals surface area contributed by atoms with Crippen molar-refractivity contribution >= 4 is 24.4 Å². The van der Waals surface area contributed by atoms with Gasteiger partial charge in [-0.15, -0.1) is 0 Å². The second-order valence-electron chi connectivity index (χ2n) is 11.4. The van der Waals surface area contributed by atoms with Crippen LogP contribution in [0.25, 0.3) is 0 Å². The number of carbonyl (C=O) groups excluding carboxylic acids is 4. The molecule has 0 aliphatic rings. The fourth-order valence-corrected chi connectivity index (χ4v) is 3.26. The first-order chi connectivity index (χ1) is 20.0. The van der Waals surface area contributed by atoms with Crippen LogP contribution in [0.4, 0.5) is 14.4 Å². The lowest BCUT2D eigenvalue weighted by atomic mass is 10.1. The van der Waals surface area contributed by atoms with Crippen molar-refractivity contribution in [2.45, 2.75) is 125 Å². The minimum absolute atomic E-state index is 0.0136. The van der Waals surface area contributed by atoms with Crippen LogP contribution in [0.1, 0.15) is 87.6 Å². The highest BCUT2D eigenvalue weighted by Gasteiger charge is 2.26. The van der Waals surface area contributed by atoms with Crippen molar-refractivity contribution < 1.29 is 52.3 Å². The maximum atomic E-state index is 12.7. The van der Waals surface area contributed by atoms with Crippen molar-refractivity contribution in [1.29, 1.82) is 0 Å². The zero-order chi connectivity index (χ0) is 32.9. The molecular weight excluding hydrogens is 562 g/mol. The first kappa shape index (κ1) is 37.5. The van der Waals surface area contributed by atoms with Crippen molar-refractivity contribution in [1.82, 2.24) is 0 Å². The summed E-state index contributed by atoms with van der Waals surface area (Å²) < 4.78 is 37.0. The van der Waals surface area contributed by atoms with Gasteiger partial charge in [-0.2, -0.15) is 0 Å². The Morgan fingerprint density at radius 1 is 0.651 bits per heavy atom. The van der Waals surface area contributed by atoms with E-state index in [1.165, 1.54) is 12.1 Å². The van der Waals surface area contributed by atoms with Gasteiger partial charge in [0.1, 0.15) is 36.6 Å². The molecule has 6 atom stereocenters. The van der Waals surface area contributed by atoms with E-state index in [1.54, 1.807) is 40.7 Å². The smallest absolute Gasteiger partial charge is 0.458 e. The van der Waals surface area contributed by atoms with Gasteiger partial charge >= 0.3 is 24.4 Å². The summed E-state index contributed by atoms with van der Waals surface area (Å²) in [7, 11) is 0. The van der Waals surface area contributed by atoms with E-state index in [0.29, 0.717) is 12.0 Å². The Labute approximate surface area is 254 Å². The molecule has 244 valence electrons. The summed E-state index contributed by atoms with van der Waals surface area (Å²) in [6, 6.07) is 3.24. The summed E-state index contributed by atoms with van der Waals surface area (Å²) in [5, 5.41) is 0. The Kier molecular flexibility index (Phi) is 15.9. The largest absolute Gasteiger partial charge is 0.514 e. The fourth-order valence-electron chi connectivity index (χ4n) is 3.26. The molecule has 12 heteroatoms. The van der Waals surface area contributed by atoms with Crippen LogP contribution in [0.2, 0.25) is 0 Å². The van der Waals surface area contributed by atoms with Crippen molar-refractivity contribution in [3.63, 3.8) is 0 Å². The predicted molar refractivity (Wildman–Crippen MR) is 158 cm³/mol. The Morgan fingerprint density at radius 3 is 1.65 bits per heavy atom. The number of nitrogens with two attached hydrogens (primary N) is 1. The number of hydrogen-bond acceptors (Lipinski definition) is 12. The molecule has 0 aliphatic carbocycles. The van der Waals surface area contributed by atoms with Crippen LogP contribution in [0.15, 0.2) is 18.2 Å². The highest BCUT2D eigenvalue weighted by Crippen LogP contribution is 2.30. The second kappa shape index (κ2) is 18.2. The molecular formula is C31H49NO11. The molecule has 0 spiro atoms. The highest BCUT2D eigenvalue weighted by atomic mass is 16.8. The van der Waals surface area contributed by atoms with Gasteiger partial charge in [-0.3, -0.25) is 4.79 Å². The summed E-state index contributed by atoms with van der Waals surface area (Å²) >= 11 is 0. The molecule has 0 aliphatic heterocycles. The van der Waals surface area contributed by atoms with Gasteiger partial charge in [0.25, 0.3) is 0 Å². The third-order valence-corrected chi connectivity index (χ3v) is 6.83. The monoisotopic (exact) mass is 611 g/mol. The molecule has 0 aromatic heterocycles. The summed E-state index contributed by atoms with van der Waals surface area (Å²) in [5.74, 6) is -0.860. The van der Waals surface area contributed by atoms with Crippen LogP contribution in [-0.2, 0) is 34.9 Å². The van der Waals surface area contributed by atoms with Crippen LogP contribution < -0.4 is 15.2 Å². The molecule has 1 aromatic carbocycles. The molecule has 0 fully saturated rings. The van der Waals surface area contributed by atoms with Crippen LogP contribution >= 0.6 is 0 Å². The zero-order valence-corrected chi connectivity index (χ0v) is 27.0. The van der Waals surface area contributed by atoms with Crippen LogP contribution in [0.3, 0.4) is 0 Å². The molecule has 12 nitrogen and oxygen atoms in total. The number of hydrogen-bond donors (Lipinski definition) is 1. The predicted octanol–water partition coefficient (Wildman–Crippen LogP) is 6.34. The third kappa shape index (κ3) is 14.0. The number of rotatable bonds is 15. The third-order valence-electron chi connectivity index (χ3n) is 6.83. The Hall–Kier alpha value is -3.54. The highest BCUT2D eigenvalue weighted by molar-refractivity contribution is 5.76. The van der Waals surface area contributed by atoms with E-state index in [-0.39, 0.29) is 35.9 Å². The maximum Gasteiger partial charge on any atom is 0.514 e. The van der Waals surface area contributed by atoms with E-state index in [9.17, 15) is 19.2 Å². The molecule has 1 rings (SSSR count). The Balaban J connectivity index is 2.96. The summed E-state index contributed by atoms with van der Waals surface area (Å²) in [4.78, 5) is 49.5. The van der Waals surface area contributed by atoms with Crippen LogP contribution in [-0.4, -0.2) is 61.0 Å². The molecule has 1 aromatic rings. The lowest BCUT2D eigenvalue weighted by Gasteiger charge is -2.23. The van der Waals surface area contributed by atoms with Gasteiger partial charge in [0.2, 0.25) is 0 Å². The lowest BCUT2D eigenvalue weighted by Crippen LogP contribution is -2.39. The second-order valence-corrected chi connectivity index (χ2v) is 11.4. The maximum absolute atomic E-state index is 12.7. The van der Waals surface area contributed by atoms with Crippen LogP contribution in [0.5, 0.6) is 11.5 Å². The lowest BCUT2D eigenvalue weighted by molar-refractivity contribution is -0.155. The van der Waals surface area contributed by atoms with Crippen molar-refractivity contribution in [2.75, 3.05) is 0 Å². The minimum Gasteiger partial charge on any atom is -0.458 e. The molecule has 0 bridgehead atoms. The molecule has 0 amide bonds. The fraction of sp³-hybridized carbons (Fsp3) is 0.677. The van der Waals surface area contributed by atoms with Gasteiger partial charge in [-0.05, 0) is 77.0 Å². The van der Waals surface area contributed by atoms with Crippen molar-refractivity contribution in [3.8, 4) is 11.5 Å². The summed E-state index contributed by atoms with van der Waals surface area (Å²) in [6.07, 6.45) is -4.02. The number of carbonyl (C=O) groups is 4. The minimum atomic E-state index is -1.12. The Bertz CT molecular complexity index is 1060. The average Bonchev–Trinajstić information content (AvgIpc) is 2.89.